The SMILES string of the molecule is COc1cc2ccc1Oc1ccc(cc1OC)C(=O)NCCN(C(=O)Cn1cnnn1)CCCC(=O)N[C@H](C)C(=O)N[C@@H](C(C)C)C(=O)NC2. The van der Waals surface area contributed by atoms with Crippen molar-refractivity contribution in [2.45, 2.75) is 58.8 Å². The minimum atomic E-state index is -0.924. The summed E-state index contributed by atoms with van der Waals surface area (Å²) in [6.07, 6.45) is 1.60. The van der Waals surface area contributed by atoms with Gasteiger partial charge in [-0.1, -0.05) is 19.9 Å². The van der Waals surface area contributed by atoms with E-state index in [1.807, 2.05) is 0 Å². The van der Waals surface area contributed by atoms with E-state index < -0.39 is 35.7 Å². The molecule has 5 amide bonds. The summed E-state index contributed by atoms with van der Waals surface area (Å²) in [5.41, 5.74) is 1.02. The second-order valence-corrected chi connectivity index (χ2v) is 11.9. The quantitative estimate of drug-likeness (QED) is 0.294. The fourth-order valence-electron chi connectivity index (χ4n) is 5.10. The van der Waals surface area contributed by atoms with E-state index >= 15 is 0 Å². The molecule has 17 heteroatoms. The molecule has 268 valence electrons. The van der Waals surface area contributed by atoms with Crippen LogP contribution in [0.3, 0.4) is 0 Å². The summed E-state index contributed by atoms with van der Waals surface area (Å²) in [6.45, 7) is 5.58. The number of fused-ring (bicyclic) bond motifs is 2. The Morgan fingerprint density at radius 1 is 0.960 bits per heavy atom. The Hall–Kier alpha value is -5.74. The fourth-order valence-corrected chi connectivity index (χ4v) is 5.10. The minimum absolute atomic E-state index is 0.0171. The van der Waals surface area contributed by atoms with E-state index in [0.717, 1.165) is 0 Å². The third kappa shape index (κ3) is 10.1. The van der Waals surface area contributed by atoms with Crippen molar-refractivity contribution in [3.05, 3.63) is 53.9 Å². The van der Waals surface area contributed by atoms with Crippen LogP contribution >= 0.6 is 0 Å². The zero-order valence-electron chi connectivity index (χ0n) is 28.7. The molecule has 4 N–H and O–H groups in total. The maximum absolute atomic E-state index is 13.2. The van der Waals surface area contributed by atoms with E-state index in [0.29, 0.717) is 34.1 Å². The Morgan fingerprint density at radius 3 is 2.36 bits per heavy atom. The van der Waals surface area contributed by atoms with Gasteiger partial charge in [0.15, 0.2) is 23.0 Å². The molecule has 50 heavy (non-hydrogen) atoms. The zero-order chi connectivity index (χ0) is 36.2. The smallest absolute Gasteiger partial charge is 0.251 e. The molecular weight excluding hydrogens is 650 g/mol. The number of nitrogens with zero attached hydrogens (tertiary/aromatic N) is 5. The third-order valence-electron chi connectivity index (χ3n) is 7.90. The number of rotatable bonds is 5. The number of carbonyl (C=O) groups is 5. The van der Waals surface area contributed by atoms with Crippen LogP contribution in [0.25, 0.3) is 0 Å². The van der Waals surface area contributed by atoms with Crippen molar-refractivity contribution in [1.82, 2.24) is 46.4 Å². The molecule has 0 unspecified atom stereocenters. The van der Waals surface area contributed by atoms with Gasteiger partial charge < -0.3 is 40.4 Å². The van der Waals surface area contributed by atoms with E-state index in [2.05, 4.69) is 36.8 Å². The Bertz CT molecular complexity index is 1660. The highest BCUT2D eigenvalue weighted by Crippen LogP contribution is 2.37. The monoisotopic (exact) mass is 693 g/mol. The van der Waals surface area contributed by atoms with Crippen molar-refractivity contribution < 1.29 is 38.2 Å². The number of benzene rings is 2. The Kier molecular flexibility index (Phi) is 13.1. The second kappa shape index (κ2) is 17.6. The number of amides is 5. The second-order valence-electron chi connectivity index (χ2n) is 11.9. The van der Waals surface area contributed by atoms with Crippen LogP contribution in [0, 0.1) is 5.92 Å². The number of ether oxygens (including phenoxy) is 3. The van der Waals surface area contributed by atoms with Gasteiger partial charge in [0.1, 0.15) is 25.0 Å². The summed E-state index contributed by atoms with van der Waals surface area (Å²) < 4.78 is 18.4. The Balaban J connectivity index is 1.58. The van der Waals surface area contributed by atoms with Crippen molar-refractivity contribution in [2.75, 3.05) is 33.9 Å². The molecule has 1 aromatic heterocycles. The summed E-state index contributed by atoms with van der Waals surface area (Å²) >= 11 is 0. The lowest BCUT2D eigenvalue weighted by atomic mass is 10.0. The Morgan fingerprint density at radius 2 is 1.68 bits per heavy atom. The van der Waals surface area contributed by atoms with Gasteiger partial charge in [-0.2, -0.15) is 0 Å². The molecule has 0 aliphatic carbocycles. The first-order valence-corrected chi connectivity index (χ1v) is 16.2. The first kappa shape index (κ1) is 37.1. The topological polar surface area (TPSA) is 208 Å². The van der Waals surface area contributed by atoms with E-state index in [4.69, 9.17) is 14.2 Å². The summed E-state index contributed by atoms with van der Waals surface area (Å²) in [4.78, 5) is 66.7. The lowest BCUT2D eigenvalue weighted by molar-refractivity contribution is -0.133. The normalized spacial score (nSPS) is 18.5. The molecule has 0 fully saturated rings. The Labute approximate surface area is 289 Å². The van der Waals surface area contributed by atoms with Crippen LogP contribution in [0.1, 0.15) is 49.5 Å². The van der Waals surface area contributed by atoms with Gasteiger partial charge in [0, 0.05) is 38.2 Å². The fraction of sp³-hybridized carbons (Fsp3) is 0.455. The number of aromatic nitrogens is 4. The van der Waals surface area contributed by atoms with Crippen LogP contribution in [0.2, 0.25) is 0 Å². The van der Waals surface area contributed by atoms with Crippen molar-refractivity contribution in [3.63, 3.8) is 0 Å². The number of hydrogen-bond acceptors (Lipinski definition) is 11. The van der Waals surface area contributed by atoms with Crippen molar-refractivity contribution in [2.24, 2.45) is 5.92 Å². The van der Waals surface area contributed by atoms with Gasteiger partial charge in [0.2, 0.25) is 23.6 Å². The molecule has 4 heterocycles. The zero-order valence-corrected chi connectivity index (χ0v) is 28.7. The largest absolute Gasteiger partial charge is 0.493 e. The molecule has 0 saturated heterocycles. The lowest BCUT2D eigenvalue weighted by Gasteiger charge is -2.24. The first-order valence-electron chi connectivity index (χ1n) is 16.2. The molecule has 2 aromatic carbocycles. The molecule has 2 atom stereocenters. The lowest BCUT2D eigenvalue weighted by Crippen LogP contribution is -2.54. The number of carbonyl (C=O) groups excluding carboxylic acids is 5. The maximum Gasteiger partial charge on any atom is 0.251 e. The van der Waals surface area contributed by atoms with Crippen LogP contribution in [0.5, 0.6) is 23.0 Å². The number of hydrogen-bond donors (Lipinski definition) is 4. The summed E-state index contributed by atoms with van der Waals surface area (Å²) in [6, 6.07) is 8.09. The summed E-state index contributed by atoms with van der Waals surface area (Å²) in [7, 11) is 2.94. The molecule has 17 nitrogen and oxygen atoms in total. The van der Waals surface area contributed by atoms with Crippen molar-refractivity contribution in [1.29, 1.82) is 0 Å². The van der Waals surface area contributed by atoms with Crippen LogP contribution in [0.15, 0.2) is 42.7 Å². The molecule has 6 rings (SSSR count). The van der Waals surface area contributed by atoms with Crippen LogP contribution in [0.4, 0.5) is 0 Å². The number of methoxy groups -OCH3 is 2. The molecule has 3 aliphatic heterocycles. The van der Waals surface area contributed by atoms with E-state index in [1.165, 1.54) is 43.1 Å². The highest BCUT2D eigenvalue weighted by atomic mass is 16.5. The summed E-state index contributed by atoms with van der Waals surface area (Å²) in [5, 5.41) is 21.9. The predicted octanol–water partition coefficient (Wildman–Crippen LogP) is 0.797. The van der Waals surface area contributed by atoms with E-state index in [9.17, 15) is 24.0 Å². The molecule has 3 aliphatic rings. The number of nitrogens with one attached hydrogen (secondary N) is 4. The molecule has 3 aromatic rings. The predicted molar refractivity (Wildman–Crippen MR) is 178 cm³/mol. The summed E-state index contributed by atoms with van der Waals surface area (Å²) in [5.74, 6) is -0.905. The maximum atomic E-state index is 13.2. The number of tetrazole rings is 1. The molecule has 4 bridgehead atoms. The highest BCUT2D eigenvalue weighted by molar-refractivity contribution is 5.95. The van der Waals surface area contributed by atoms with Gasteiger partial charge in [-0.25, -0.2) is 4.68 Å². The van der Waals surface area contributed by atoms with Gasteiger partial charge >= 0.3 is 0 Å². The van der Waals surface area contributed by atoms with Gasteiger partial charge in [0.25, 0.3) is 5.91 Å². The molecular formula is C33H43N9O8. The van der Waals surface area contributed by atoms with E-state index in [1.54, 1.807) is 44.2 Å². The van der Waals surface area contributed by atoms with Gasteiger partial charge in [-0.05, 0) is 65.6 Å². The van der Waals surface area contributed by atoms with Gasteiger partial charge in [-0.3, -0.25) is 24.0 Å². The highest BCUT2D eigenvalue weighted by Gasteiger charge is 2.27. The van der Waals surface area contributed by atoms with Gasteiger partial charge in [-0.15, -0.1) is 5.10 Å². The van der Waals surface area contributed by atoms with Crippen molar-refractivity contribution in [3.8, 4) is 23.0 Å². The molecule has 0 spiro atoms. The van der Waals surface area contributed by atoms with Crippen LogP contribution < -0.4 is 35.5 Å². The van der Waals surface area contributed by atoms with E-state index in [-0.39, 0.29) is 57.4 Å². The van der Waals surface area contributed by atoms with Gasteiger partial charge in [0.05, 0.1) is 14.2 Å². The third-order valence-corrected chi connectivity index (χ3v) is 7.90. The first-order chi connectivity index (χ1) is 24.0. The minimum Gasteiger partial charge on any atom is -0.493 e. The molecule has 0 saturated carbocycles. The van der Waals surface area contributed by atoms with Crippen molar-refractivity contribution >= 4 is 29.5 Å². The molecule has 0 radical (unpaired) electrons. The standard InChI is InChI=1S/C33H43N9O8/c1-20(2)30-33(47)35-17-22-8-10-24(26(15-22)48-4)50-25-11-9-23(16-27(25)49-5)32(46)34-12-14-41(29(44)18-42-19-36-39-40-42)13-6-7-28(43)37-21(3)31(45)38-30/h8-11,15-16,19-21,30H,6-7,12-14,17-18H2,1-5H3,(H,34,46)(H,35,47)(H,37,43)(H,38,45)/t21-,30+/m1/s1. The average Bonchev–Trinajstić information content (AvgIpc) is 3.61. The van der Waals surface area contributed by atoms with Crippen LogP contribution in [-0.4, -0.2) is 101 Å². The average molecular weight is 694 g/mol. The van der Waals surface area contributed by atoms with Crippen LogP contribution in [-0.2, 0) is 32.3 Å².